The fourth-order valence-corrected chi connectivity index (χ4v) is 3.88. The zero-order chi connectivity index (χ0) is 18.0. The molecule has 0 aliphatic heterocycles. The van der Waals surface area contributed by atoms with Crippen LogP contribution >= 0.6 is 11.3 Å². The van der Waals surface area contributed by atoms with Crippen molar-refractivity contribution < 1.29 is 14.3 Å². The number of benzene rings is 1. The Labute approximate surface area is 148 Å². The molecule has 130 valence electrons. The highest BCUT2D eigenvalue weighted by Crippen LogP contribution is 2.30. The first kappa shape index (κ1) is 17.2. The summed E-state index contributed by atoms with van der Waals surface area (Å²) in [6.07, 6.45) is 0. The third-order valence-electron chi connectivity index (χ3n) is 3.89. The van der Waals surface area contributed by atoms with Gasteiger partial charge in [0.2, 0.25) is 0 Å². The number of pyridine rings is 1. The van der Waals surface area contributed by atoms with Gasteiger partial charge < -0.3 is 14.6 Å². The van der Waals surface area contributed by atoms with Gasteiger partial charge in [0.05, 0.1) is 22.4 Å². The summed E-state index contributed by atoms with van der Waals surface area (Å²) in [5.74, 6) is -0.878. The summed E-state index contributed by atoms with van der Waals surface area (Å²) >= 11 is 1.26. The molecule has 0 spiro atoms. The van der Waals surface area contributed by atoms with Gasteiger partial charge in [-0.2, -0.15) is 0 Å². The van der Waals surface area contributed by atoms with E-state index < -0.39 is 5.97 Å². The number of esters is 1. The lowest BCUT2D eigenvalue weighted by Gasteiger charge is -2.08. The van der Waals surface area contributed by atoms with E-state index >= 15 is 0 Å². The van der Waals surface area contributed by atoms with Crippen LogP contribution in [-0.4, -0.2) is 29.6 Å². The molecule has 0 aliphatic carbocycles. The van der Waals surface area contributed by atoms with Gasteiger partial charge in [-0.3, -0.25) is 14.4 Å². The van der Waals surface area contributed by atoms with E-state index in [4.69, 9.17) is 4.74 Å². The summed E-state index contributed by atoms with van der Waals surface area (Å²) in [4.78, 5) is 36.8. The van der Waals surface area contributed by atoms with Gasteiger partial charge in [-0.1, -0.05) is 18.2 Å². The average molecular weight is 358 g/mol. The van der Waals surface area contributed by atoms with Crippen LogP contribution in [0.4, 0.5) is 0 Å². The second kappa shape index (κ2) is 7.06. The maximum atomic E-state index is 12.7. The number of para-hydroxylation sites is 1. The van der Waals surface area contributed by atoms with E-state index in [2.05, 4.69) is 5.32 Å². The van der Waals surface area contributed by atoms with Gasteiger partial charge in [-0.15, -0.1) is 11.3 Å². The molecular weight excluding hydrogens is 340 g/mol. The first-order valence-corrected chi connectivity index (χ1v) is 8.87. The summed E-state index contributed by atoms with van der Waals surface area (Å²) < 4.78 is 7.27. The van der Waals surface area contributed by atoms with Crippen LogP contribution in [0.5, 0.6) is 0 Å². The van der Waals surface area contributed by atoms with Gasteiger partial charge in [0, 0.05) is 16.6 Å². The van der Waals surface area contributed by atoms with E-state index in [-0.39, 0.29) is 24.6 Å². The molecule has 0 saturated carbocycles. The molecular formula is C18H18N2O4S. The number of hydrogen-bond acceptors (Lipinski definition) is 5. The molecule has 0 unspecified atom stereocenters. The number of carbonyl (C=O) groups excluding carboxylic acids is 2. The number of fused-ring (bicyclic) bond motifs is 3. The Kier molecular flexibility index (Phi) is 4.85. The molecule has 0 fully saturated rings. The number of aromatic nitrogens is 1. The van der Waals surface area contributed by atoms with Crippen LogP contribution in [0, 0.1) is 0 Å². The second-order valence-electron chi connectivity index (χ2n) is 5.41. The maximum Gasteiger partial charge on any atom is 0.325 e. The van der Waals surface area contributed by atoms with Gasteiger partial charge in [0.15, 0.2) is 0 Å². The summed E-state index contributed by atoms with van der Waals surface area (Å²) in [6.45, 7) is 4.24. The van der Waals surface area contributed by atoms with E-state index in [9.17, 15) is 14.4 Å². The van der Waals surface area contributed by atoms with Crippen LogP contribution in [0.25, 0.3) is 21.0 Å². The third-order valence-corrected chi connectivity index (χ3v) is 5.05. The monoisotopic (exact) mass is 358 g/mol. The Morgan fingerprint density at radius 3 is 2.68 bits per heavy atom. The first-order chi connectivity index (χ1) is 12.1. The summed E-state index contributed by atoms with van der Waals surface area (Å²) in [5.41, 5.74) is 0.736. The summed E-state index contributed by atoms with van der Waals surface area (Å²) in [6, 6.07) is 9.24. The standard InChI is InChI=1S/C18H18N2O4S/c1-3-20-13-8-6-5-7-11(13)16-12(18(20)23)9-14(25-16)17(22)19-10-15(21)24-4-2/h5-9H,3-4,10H2,1-2H3,(H,19,22). The number of hydrogen-bond donors (Lipinski definition) is 1. The summed E-state index contributed by atoms with van der Waals surface area (Å²) in [5, 5.41) is 3.99. The summed E-state index contributed by atoms with van der Waals surface area (Å²) in [7, 11) is 0. The Morgan fingerprint density at radius 1 is 1.20 bits per heavy atom. The Hall–Kier alpha value is -2.67. The molecule has 6 nitrogen and oxygen atoms in total. The van der Waals surface area contributed by atoms with Gasteiger partial charge in [0.1, 0.15) is 6.54 Å². The zero-order valence-electron chi connectivity index (χ0n) is 14.0. The number of ether oxygens (including phenoxy) is 1. The lowest BCUT2D eigenvalue weighted by molar-refractivity contribution is -0.141. The number of nitrogens with zero attached hydrogens (tertiary/aromatic N) is 1. The predicted octanol–water partition coefficient (Wildman–Crippen LogP) is 2.53. The highest BCUT2D eigenvalue weighted by atomic mass is 32.1. The van der Waals surface area contributed by atoms with Crippen molar-refractivity contribution in [2.45, 2.75) is 20.4 Å². The number of thiophene rings is 1. The number of aryl methyl sites for hydroxylation is 1. The molecule has 25 heavy (non-hydrogen) atoms. The SMILES string of the molecule is CCOC(=O)CNC(=O)c1cc2c(=O)n(CC)c3ccccc3c2s1. The molecule has 2 aromatic heterocycles. The van der Waals surface area contributed by atoms with Crippen molar-refractivity contribution in [1.29, 1.82) is 0 Å². The molecule has 1 N–H and O–H groups in total. The van der Waals surface area contributed by atoms with Gasteiger partial charge in [-0.25, -0.2) is 0 Å². The van der Waals surface area contributed by atoms with Crippen LogP contribution in [0.2, 0.25) is 0 Å². The molecule has 0 saturated heterocycles. The Balaban J connectivity index is 2.04. The van der Waals surface area contributed by atoms with E-state index in [0.717, 1.165) is 15.6 Å². The quantitative estimate of drug-likeness (QED) is 0.711. The fraction of sp³-hybridized carbons (Fsp3) is 0.278. The van der Waals surface area contributed by atoms with E-state index in [1.165, 1.54) is 11.3 Å². The minimum absolute atomic E-state index is 0.114. The lowest BCUT2D eigenvalue weighted by atomic mass is 10.1. The molecule has 1 aromatic carbocycles. The van der Waals surface area contributed by atoms with Crippen molar-refractivity contribution in [3.8, 4) is 0 Å². The highest BCUT2D eigenvalue weighted by molar-refractivity contribution is 7.21. The largest absolute Gasteiger partial charge is 0.465 e. The number of carbonyl (C=O) groups is 2. The number of amides is 1. The molecule has 0 aliphatic rings. The zero-order valence-corrected chi connectivity index (χ0v) is 14.8. The minimum atomic E-state index is -0.490. The molecule has 7 heteroatoms. The second-order valence-corrected chi connectivity index (χ2v) is 6.46. The first-order valence-electron chi connectivity index (χ1n) is 8.05. The van der Waals surface area contributed by atoms with Gasteiger partial charge in [0.25, 0.3) is 11.5 Å². The number of rotatable bonds is 5. The van der Waals surface area contributed by atoms with Gasteiger partial charge >= 0.3 is 5.97 Å². The van der Waals surface area contributed by atoms with Crippen LogP contribution in [-0.2, 0) is 16.1 Å². The number of nitrogens with one attached hydrogen (secondary N) is 1. The predicted molar refractivity (Wildman–Crippen MR) is 98.2 cm³/mol. The van der Waals surface area contributed by atoms with Crippen molar-refractivity contribution in [3.63, 3.8) is 0 Å². The van der Waals surface area contributed by atoms with Crippen LogP contribution in [0.15, 0.2) is 35.1 Å². The topological polar surface area (TPSA) is 77.4 Å². The molecule has 0 radical (unpaired) electrons. The molecule has 0 bridgehead atoms. The van der Waals surface area contributed by atoms with Crippen LogP contribution < -0.4 is 10.9 Å². The Morgan fingerprint density at radius 2 is 1.96 bits per heavy atom. The third kappa shape index (κ3) is 3.15. The van der Waals surface area contributed by atoms with Crippen molar-refractivity contribution >= 4 is 44.2 Å². The molecule has 0 atom stereocenters. The van der Waals surface area contributed by atoms with Crippen LogP contribution in [0.3, 0.4) is 0 Å². The average Bonchev–Trinajstić information content (AvgIpc) is 3.06. The fourth-order valence-electron chi connectivity index (χ4n) is 2.78. The Bertz CT molecular complexity index is 1020. The van der Waals surface area contributed by atoms with Crippen molar-refractivity contribution in [2.75, 3.05) is 13.2 Å². The van der Waals surface area contributed by atoms with Crippen molar-refractivity contribution in [1.82, 2.24) is 9.88 Å². The maximum absolute atomic E-state index is 12.7. The molecule has 3 rings (SSSR count). The van der Waals surface area contributed by atoms with E-state index in [0.29, 0.717) is 16.8 Å². The van der Waals surface area contributed by atoms with E-state index in [1.54, 1.807) is 17.6 Å². The molecule has 3 aromatic rings. The highest BCUT2D eigenvalue weighted by Gasteiger charge is 2.17. The lowest BCUT2D eigenvalue weighted by Crippen LogP contribution is -2.30. The van der Waals surface area contributed by atoms with Gasteiger partial charge in [-0.05, 0) is 26.0 Å². The molecule has 2 heterocycles. The van der Waals surface area contributed by atoms with E-state index in [1.807, 2.05) is 31.2 Å². The van der Waals surface area contributed by atoms with Crippen LogP contribution in [0.1, 0.15) is 23.5 Å². The normalized spacial score (nSPS) is 11.0. The smallest absolute Gasteiger partial charge is 0.325 e. The van der Waals surface area contributed by atoms with Crippen molar-refractivity contribution in [3.05, 3.63) is 45.6 Å². The van der Waals surface area contributed by atoms with Crippen molar-refractivity contribution in [2.24, 2.45) is 0 Å². The molecule has 1 amide bonds. The minimum Gasteiger partial charge on any atom is -0.465 e.